The summed E-state index contributed by atoms with van der Waals surface area (Å²) in [6.07, 6.45) is 1.83. The molecule has 18 heavy (non-hydrogen) atoms. The van der Waals surface area contributed by atoms with Gasteiger partial charge in [-0.05, 0) is 62.1 Å². The summed E-state index contributed by atoms with van der Waals surface area (Å²) in [6.45, 7) is 8.47. The first kappa shape index (κ1) is 14.4. The van der Waals surface area contributed by atoms with E-state index in [2.05, 4.69) is 10.3 Å². The Labute approximate surface area is 109 Å². The minimum Gasteiger partial charge on any atom is -0.381 e. The van der Waals surface area contributed by atoms with Gasteiger partial charge in [0.15, 0.2) is 0 Å². The van der Waals surface area contributed by atoms with Gasteiger partial charge in [-0.25, -0.2) is 4.39 Å². The zero-order chi connectivity index (χ0) is 13.7. The van der Waals surface area contributed by atoms with E-state index in [9.17, 15) is 4.39 Å². The zero-order valence-corrected chi connectivity index (χ0v) is 11.8. The molecule has 0 bridgehead atoms. The molecule has 1 aromatic rings. The van der Waals surface area contributed by atoms with Gasteiger partial charge in [-0.3, -0.25) is 4.99 Å². The van der Waals surface area contributed by atoms with Gasteiger partial charge < -0.3 is 5.32 Å². The van der Waals surface area contributed by atoms with Crippen LogP contribution < -0.4 is 5.32 Å². The molecular weight excluding hydrogens is 227 g/mol. The van der Waals surface area contributed by atoms with Gasteiger partial charge in [0.2, 0.25) is 0 Å². The van der Waals surface area contributed by atoms with E-state index in [1.165, 1.54) is 5.57 Å². The van der Waals surface area contributed by atoms with E-state index in [4.69, 9.17) is 0 Å². The topological polar surface area (TPSA) is 24.4 Å². The Balaban J connectivity index is 2.79. The number of hydrogen-bond acceptors (Lipinski definition) is 2. The summed E-state index contributed by atoms with van der Waals surface area (Å²) < 4.78 is 13.6. The molecule has 0 amide bonds. The van der Waals surface area contributed by atoms with Crippen LogP contribution in [0.1, 0.15) is 25.0 Å². The smallest absolute Gasteiger partial charge is 0.128 e. The minimum atomic E-state index is -0.161. The molecule has 0 unspecified atom stereocenters. The first-order valence-corrected chi connectivity index (χ1v) is 6.04. The Morgan fingerprint density at radius 1 is 1.33 bits per heavy atom. The van der Waals surface area contributed by atoms with E-state index in [0.29, 0.717) is 12.1 Å². The number of hydrogen-bond donors (Lipinski definition) is 1. The maximum absolute atomic E-state index is 13.6. The van der Waals surface area contributed by atoms with Crippen molar-refractivity contribution in [3.05, 3.63) is 40.2 Å². The number of aryl methyl sites for hydroxylation is 1. The van der Waals surface area contributed by atoms with Gasteiger partial charge in [0, 0.05) is 25.5 Å². The molecule has 1 rings (SSSR count). The number of aliphatic imine (C=N–C) groups is 1. The molecule has 2 nitrogen and oxygen atoms in total. The van der Waals surface area contributed by atoms with Crippen molar-refractivity contribution in [3.63, 3.8) is 0 Å². The van der Waals surface area contributed by atoms with Crippen LogP contribution in [0.25, 0.3) is 0 Å². The summed E-state index contributed by atoms with van der Waals surface area (Å²) in [4.78, 5) is 3.98. The fraction of sp³-hybridized carbons (Fsp3) is 0.400. The third kappa shape index (κ3) is 3.69. The van der Waals surface area contributed by atoms with Crippen LogP contribution in [-0.4, -0.2) is 19.8 Å². The summed E-state index contributed by atoms with van der Waals surface area (Å²) in [5, 5.41) is 3.23. The normalized spacial score (nSPS) is 12.8. The third-order valence-electron chi connectivity index (χ3n) is 3.16. The second-order valence-electron chi connectivity index (χ2n) is 4.60. The van der Waals surface area contributed by atoms with E-state index in [1.54, 1.807) is 20.0 Å². The number of anilines is 1. The van der Waals surface area contributed by atoms with Gasteiger partial charge in [-0.2, -0.15) is 0 Å². The summed E-state index contributed by atoms with van der Waals surface area (Å²) in [7, 11) is 1.75. The first-order chi connectivity index (χ1) is 8.45. The summed E-state index contributed by atoms with van der Waals surface area (Å²) in [5.74, 6) is -0.161. The van der Waals surface area contributed by atoms with Crippen LogP contribution in [0, 0.1) is 19.7 Å². The highest BCUT2D eigenvalue weighted by Gasteiger charge is 2.04. The molecule has 0 aliphatic carbocycles. The average Bonchev–Trinajstić information content (AvgIpc) is 2.33. The van der Waals surface area contributed by atoms with Crippen molar-refractivity contribution in [1.82, 2.24) is 0 Å². The fourth-order valence-corrected chi connectivity index (χ4v) is 1.60. The fourth-order valence-electron chi connectivity index (χ4n) is 1.60. The van der Waals surface area contributed by atoms with Crippen LogP contribution in [0.15, 0.2) is 28.3 Å². The van der Waals surface area contributed by atoms with Crippen molar-refractivity contribution in [2.45, 2.75) is 27.7 Å². The predicted molar refractivity (Wildman–Crippen MR) is 77.2 cm³/mol. The molecule has 1 N–H and O–H groups in total. The van der Waals surface area contributed by atoms with E-state index < -0.39 is 0 Å². The Bertz CT molecular complexity index is 464. The minimum absolute atomic E-state index is 0.161. The largest absolute Gasteiger partial charge is 0.381 e. The monoisotopic (exact) mass is 248 g/mol. The molecule has 0 aliphatic rings. The van der Waals surface area contributed by atoms with Crippen LogP contribution in [0.3, 0.4) is 0 Å². The van der Waals surface area contributed by atoms with Crippen LogP contribution in [-0.2, 0) is 0 Å². The van der Waals surface area contributed by atoms with E-state index in [-0.39, 0.29) is 5.82 Å². The van der Waals surface area contributed by atoms with Crippen LogP contribution in [0.5, 0.6) is 0 Å². The number of nitrogens with one attached hydrogen (secondary N) is 1. The second-order valence-corrected chi connectivity index (χ2v) is 4.60. The molecule has 3 heteroatoms. The van der Waals surface area contributed by atoms with Crippen LogP contribution in [0.2, 0.25) is 0 Å². The summed E-state index contributed by atoms with van der Waals surface area (Å²) >= 11 is 0. The first-order valence-electron chi connectivity index (χ1n) is 6.04. The number of allylic oxidation sites excluding steroid dienone is 1. The van der Waals surface area contributed by atoms with Gasteiger partial charge in [0.1, 0.15) is 5.82 Å². The Morgan fingerprint density at radius 3 is 2.56 bits per heavy atom. The number of rotatable bonds is 4. The van der Waals surface area contributed by atoms with Crippen molar-refractivity contribution in [2.75, 3.05) is 18.9 Å². The highest BCUT2D eigenvalue weighted by molar-refractivity contribution is 5.78. The number of benzene rings is 1. The molecule has 0 saturated carbocycles. The van der Waals surface area contributed by atoms with Crippen molar-refractivity contribution in [1.29, 1.82) is 0 Å². The lowest BCUT2D eigenvalue weighted by atomic mass is 10.1. The van der Waals surface area contributed by atoms with Gasteiger partial charge in [-0.15, -0.1) is 0 Å². The zero-order valence-electron chi connectivity index (χ0n) is 11.8. The van der Waals surface area contributed by atoms with Gasteiger partial charge in [0.05, 0.1) is 0 Å². The van der Waals surface area contributed by atoms with Crippen molar-refractivity contribution < 1.29 is 4.39 Å². The highest BCUT2D eigenvalue weighted by atomic mass is 19.1. The van der Waals surface area contributed by atoms with Gasteiger partial charge in [-0.1, -0.05) is 0 Å². The molecule has 0 aliphatic heterocycles. The van der Waals surface area contributed by atoms with E-state index in [1.807, 2.05) is 33.1 Å². The van der Waals surface area contributed by atoms with Crippen LogP contribution >= 0.6 is 0 Å². The molecule has 0 saturated heterocycles. The quantitative estimate of drug-likeness (QED) is 0.803. The molecule has 0 radical (unpaired) electrons. The predicted octanol–water partition coefficient (Wildman–Crippen LogP) is 3.89. The molecule has 0 aromatic heterocycles. The maximum atomic E-state index is 13.6. The lowest BCUT2D eigenvalue weighted by Crippen LogP contribution is -2.06. The third-order valence-corrected chi connectivity index (χ3v) is 3.16. The average molecular weight is 248 g/mol. The molecule has 1 aromatic carbocycles. The molecule has 0 spiro atoms. The van der Waals surface area contributed by atoms with E-state index >= 15 is 0 Å². The SMILES string of the molecule is C/N=C\C(C)=C(/C)CNc1cc(C)c(C)c(F)c1. The Morgan fingerprint density at radius 2 is 2.00 bits per heavy atom. The highest BCUT2D eigenvalue weighted by Crippen LogP contribution is 2.18. The van der Waals surface area contributed by atoms with Crippen molar-refractivity contribution >= 4 is 11.9 Å². The van der Waals surface area contributed by atoms with Crippen molar-refractivity contribution in [2.24, 2.45) is 4.99 Å². The number of halogens is 1. The second kappa shape index (κ2) is 6.34. The lowest BCUT2D eigenvalue weighted by Gasteiger charge is -2.11. The number of nitrogens with zero attached hydrogens (tertiary/aromatic N) is 1. The van der Waals surface area contributed by atoms with E-state index in [0.717, 1.165) is 16.8 Å². The van der Waals surface area contributed by atoms with Crippen molar-refractivity contribution in [3.8, 4) is 0 Å². The Kier molecular flexibility index (Phi) is 5.08. The molecular formula is C15H21FN2. The summed E-state index contributed by atoms with van der Waals surface area (Å²) in [5.41, 5.74) is 4.82. The standard InChI is InChI=1S/C15H21FN2/c1-10-6-14(7-15(16)13(10)4)18-9-12(3)11(2)8-17-5/h6-8,18H,9H2,1-5H3/b12-11+,17-8-. The summed E-state index contributed by atoms with van der Waals surface area (Å²) in [6, 6.07) is 3.51. The molecule has 98 valence electrons. The molecule has 0 fully saturated rings. The Hall–Kier alpha value is -1.64. The molecule has 0 atom stereocenters. The van der Waals surface area contributed by atoms with Gasteiger partial charge in [0.25, 0.3) is 0 Å². The maximum Gasteiger partial charge on any atom is 0.128 e. The van der Waals surface area contributed by atoms with Gasteiger partial charge >= 0.3 is 0 Å². The van der Waals surface area contributed by atoms with Crippen LogP contribution in [0.4, 0.5) is 10.1 Å². The molecule has 0 heterocycles. The lowest BCUT2D eigenvalue weighted by molar-refractivity contribution is 0.617.